The molecule has 0 aromatic heterocycles. The van der Waals surface area contributed by atoms with Crippen molar-refractivity contribution in [3.63, 3.8) is 0 Å². The number of carbonyl (C=O) groups excluding carboxylic acids is 3. The maximum Gasteiger partial charge on any atom is 0.411 e. The van der Waals surface area contributed by atoms with E-state index in [4.69, 9.17) is 4.74 Å². The van der Waals surface area contributed by atoms with Gasteiger partial charge in [0.1, 0.15) is 11.6 Å². The Hall–Kier alpha value is -3.35. The van der Waals surface area contributed by atoms with Crippen LogP contribution in [0.2, 0.25) is 0 Å². The highest BCUT2D eigenvalue weighted by molar-refractivity contribution is 5.90. The molecule has 1 heterocycles. The van der Waals surface area contributed by atoms with Gasteiger partial charge in [-0.05, 0) is 44.4 Å². The second kappa shape index (κ2) is 9.85. The Morgan fingerprint density at radius 1 is 1.03 bits per heavy atom. The first kappa shape index (κ1) is 23.3. The summed E-state index contributed by atoms with van der Waals surface area (Å²) >= 11 is 0. The van der Waals surface area contributed by atoms with Gasteiger partial charge in [0.25, 0.3) is 0 Å². The first-order chi connectivity index (χ1) is 15.1. The van der Waals surface area contributed by atoms with Crippen molar-refractivity contribution < 1.29 is 19.1 Å². The zero-order chi connectivity index (χ0) is 23.3. The van der Waals surface area contributed by atoms with E-state index in [2.05, 4.69) is 10.6 Å². The van der Waals surface area contributed by atoms with Gasteiger partial charge in [0.15, 0.2) is 0 Å². The van der Waals surface area contributed by atoms with E-state index in [1.807, 2.05) is 61.5 Å². The zero-order valence-corrected chi connectivity index (χ0v) is 19.1. The fourth-order valence-corrected chi connectivity index (χ4v) is 3.67. The zero-order valence-electron chi connectivity index (χ0n) is 19.1. The Kier molecular flexibility index (Phi) is 7.18. The summed E-state index contributed by atoms with van der Waals surface area (Å²) in [7, 11) is 0. The van der Waals surface area contributed by atoms with Crippen LogP contribution < -0.4 is 10.6 Å². The number of hydrogen-bond acceptors (Lipinski definition) is 4. The number of benzene rings is 2. The first-order valence-electron chi connectivity index (χ1n) is 10.8. The van der Waals surface area contributed by atoms with Gasteiger partial charge in [0.05, 0.1) is 19.1 Å². The van der Waals surface area contributed by atoms with Gasteiger partial charge < -0.3 is 15.4 Å². The fourth-order valence-electron chi connectivity index (χ4n) is 3.67. The lowest BCUT2D eigenvalue weighted by Gasteiger charge is -2.36. The molecular formula is C25H31N3O4. The van der Waals surface area contributed by atoms with E-state index in [0.717, 1.165) is 16.7 Å². The van der Waals surface area contributed by atoms with Gasteiger partial charge in [-0.1, -0.05) is 54.6 Å². The predicted octanol–water partition coefficient (Wildman–Crippen LogP) is 3.34. The summed E-state index contributed by atoms with van der Waals surface area (Å²) in [4.78, 5) is 39.7. The lowest BCUT2D eigenvalue weighted by molar-refractivity contribution is -0.130. The maximum absolute atomic E-state index is 13.0. The van der Waals surface area contributed by atoms with Gasteiger partial charge in [0.2, 0.25) is 11.8 Å². The number of nitrogens with one attached hydrogen (secondary N) is 2. The summed E-state index contributed by atoms with van der Waals surface area (Å²) in [6.07, 6.45) is -0.183. The van der Waals surface area contributed by atoms with Crippen LogP contribution in [0.3, 0.4) is 0 Å². The third kappa shape index (κ3) is 6.09. The molecule has 3 rings (SSSR count). The van der Waals surface area contributed by atoms with E-state index in [1.165, 1.54) is 4.90 Å². The highest BCUT2D eigenvalue weighted by Crippen LogP contribution is 2.25. The molecule has 2 aromatic rings. The monoisotopic (exact) mass is 437 g/mol. The molecule has 3 amide bonds. The molecule has 2 aromatic carbocycles. The minimum atomic E-state index is -0.751. The molecule has 1 aliphatic heterocycles. The number of carbonyl (C=O) groups is 3. The number of fused-ring (bicyclic) bond motifs is 1. The average molecular weight is 438 g/mol. The molecule has 7 heteroatoms. The van der Waals surface area contributed by atoms with Gasteiger partial charge in [-0.25, -0.2) is 4.79 Å². The fraction of sp³-hybridized carbons (Fsp3) is 0.400. The Bertz CT molecular complexity index is 969. The smallest absolute Gasteiger partial charge is 0.411 e. The topological polar surface area (TPSA) is 87.7 Å². The molecule has 0 spiro atoms. The Balaban J connectivity index is 1.65. The third-order valence-corrected chi connectivity index (χ3v) is 5.28. The molecule has 1 unspecified atom stereocenters. The van der Waals surface area contributed by atoms with E-state index >= 15 is 0 Å². The largest absolute Gasteiger partial charge is 0.444 e. The molecule has 0 aliphatic carbocycles. The summed E-state index contributed by atoms with van der Waals surface area (Å²) in [6, 6.07) is 16.4. The molecule has 0 saturated heterocycles. The van der Waals surface area contributed by atoms with Crippen molar-refractivity contribution in [3.05, 3.63) is 71.3 Å². The van der Waals surface area contributed by atoms with Crippen LogP contribution >= 0.6 is 0 Å². The van der Waals surface area contributed by atoms with Gasteiger partial charge >= 0.3 is 6.09 Å². The van der Waals surface area contributed by atoms with E-state index in [1.54, 1.807) is 20.8 Å². The van der Waals surface area contributed by atoms with Crippen LogP contribution in [0.4, 0.5) is 4.79 Å². The van der Waals surface area contributed by atoms with Gasteiger partial charge in [-0.15, -0.1) is 0 Å². The third-order valence-electron chi connectivity index (χ3n) is 5.28. The summed E-state index contributed by atoms with van der Waals surface area (Å²) in [5.74, 6) is -0.678. The van der Waals surface area contributed by atoms with Crippen molar-refractivity contribution in [1.82, 2.24) is 15.5 Å². The van der Waals surface area contributed by atoms with Gasteiger partial charge in [-0.2, -0.15) is 0 Å². The lowest BCUT2D eigenvalue weighted by Crippen LogP contribution is -2.54. The SMILES string of the molecule is CC(NC(=O)CNC(=O)[C@@H]1Cc2ccccc2CN1C(=O)OC(C)(C)C)c1ccccc1. The number of hydrogen-bond donors (Lipinski definition) is 2. The molecule has 7 nitrogen and oxygen atoms in total. The summed E-state index contributed by atoms with van der Waals surface area (Å²) in [5.41, 5.74) is 2.29. The number of rotatable bonds is 5. The molecule has 170 valence electrons. The molecule has 2 N–H and O–H groups in total. The standard InChI is InChI=1S/C25H31N3O4/c1-17(18-10-6-5-7-11-18)27-22(29)15-26-23(30)21-14-19-12-8-9-13-20(19)16-28(21)24(31)32-25(2,3)4/h5-13,17,21H,14-16H2,1-4H3,(H,26,30)(H,27,29)/t17?,21-/m0/s1. The van der Waals surface area contributed by atoms with Crippen molar-refractivity contribution in [1.29, 1.82) is 0 Å². The van der Waals surface area contributed by atoms with Crippen LogP contribution in [0, 0.1) is 0 Å². The second-order valence-electron chi connectivity index (χ2n) is 9.01. The van der Waals surface area contributed by atoms with Crippen LogP contribution in [0.25, 0.3) is 0 Å². The van der Waals surface area contributed by atoms with Crippen LogP contribution in [0.15, 0.2) is 54.6 Å². The second-order valence-corrected chi connectivity index (χ2v) is 9.01. The molecule has 32 heavy (non-hydrogen) atoms. The van der Waals surface area contributed by atoms with E-state index < -0.39 is 17.7 Å². The van der Waals surface area contributed by atoms with Crippen molar-refractivity contribution in [3.8, 4) is 0 Å². The number of ether oxygens (including phenoxy) is 1. The highest BCUT2D eigenvalue weighted by atomic mass is 16.6. The molecule has 0 fully saturated rings. The van der Waals surface area contributed by atoms with Crippen LogP contribution in [-0.4, -0.2) is 41.0 Å². The maximum atomic E-state index is 13.0. The minimum Gasteiger partial charge on any atom is -0.444 e. The number of nitrogens with zero attached hydrogens (tertiary/aromatic N) is 1. The van der Waals surface area contributed by atoms with Crippen LogP contribution in [0.5, 0.6) is 0 Å². The minimum absolute atomic E-state index is 0.170. The Morgan fingerprint density at radius 2 is 1.66 bits per heavy atom. The van der Waals surface area contributed by atoms with E-state index in [0.29, 0.717) is 6.42 Å². The van der Waals surface area contributed by atoms with Crippen LogP contribution in [0.1, 0.15) is 50.4 Å². The predicted molar refractivity (Wildman–Crippen MR) is 122 cm³/mol. The average Bonchev–Trinajstić information content (AvgIpc) is 2.76. The summed E-state index contributed by atoms with van der Waals surface area (Å²) < 4.78 is 5.53. The summed E-state index contributed by atoms with van der Waals surface area (Å²) in [5, 5.41) is 5.56. The molecule has 0 radical (unpaired) electrons. The highest BCUT2D eigenvalue weighted by Gasteiger charge is 2.37. The van der Waals surface area contributed by atoms with Crippen LogP contribution in [-0.2, 0) is 27.3 Å². The molecule has 0 bridgehead atoms. The van der Waals surface area contributed by atoms with E-state index in [9.17, 15) is 14.4 Å². The quantitative estimate of drug-likeness (QED) is 0.751. The Labute approximate surface area is 189 Å². The molecule has 2 atom stereocenters. The lowest BCUT2D eigenvalue weighted by atomic mass is 9.94. The molecule has 1 aliphatic rings. The molecular weight excluding hydrogens is 406 g/mol. The van der Waals surface area contributed by atoms with Gasteiger partial charge in [-0.3, -0.25) is 14.5 Å². The van der Waals surface area contributed by atoms with Crippen molar-refractivity contribution >= 4 is 17.9 Å². The van der Waals surface area contributed by atoms with Crippen molar-refractivity contribution in [2.75, 3.05) is 6.54 Å². The van der Waals surface area contributed by atoms with Crippen molar-refractivity contribution in [2.24, 2.45) is 0 Å². The number of amides is 3. The normalized spacial score (nSPS) is 16.5. The summed E-state index contributed by atoms with van der Waals surface area (Å²) in [6.45, 7) is 7.36. The van der Waals surface area contributed by atoms with Crippen molar-refractivity contribution in [2.45, 2.75) is 58.3 Å². The first-order valence-corrected chi connectivity index (χ1v) is 10.8. The molecule has 0 saturated carbocycles. The van der Waals surface area contributed by atoms with Gasteiger partial charge in [0, 0.05) is 6.42 Å². The Morgan fingerprint density at radius 3 is 2.31 bits per heavy atom. The van der Waals surface area contributed by atoms with E-state index in [-0.39, 0.29) is 30.9 Å².